The van der Waals surface area contributed by atoms with Crippen LogP contribution in [0.5, 0.6) is 0 Å². The number of hydrogen-bond acceptors (Lipinski definition) is 5. The molecule has 5 nitrogen and oxygen atoms in total. The number of thiol groups is 1. The van der Waals surface area contributed by atoms with Crippen LogP contribution < -0.4 is 5.32 Å². The molecule has 1 N–H and O–H groups in total. The molecule has 0 radical (unpaired) electrons. The van der Waals surface area contributed by atoms with Crippen LogP contribution in [0.3, 0.4) is 0 Å². The summed E-state index contributed by atoms with van der Waals surface area (Å²) >= 11 is 3.78. The second-order valence-corrected chi connectivity index (χ2v) is 4.91. The molecule has 22 heavy (non-hydrogen) atoms. The van der Waals surface area contributed by atoms with Crippen molar-refractivity contribution in [3.8, 4) is 0 Å². The number of benzene rings is 2. The van der Waals surface area contributed by atoms with Crippen LogP contribution in [0.15, 0.2) is 42.5 Å². The van der Waals surface area contributed by atoms with Gasteiger partial charge in [0, 0.05) is 27.9 Å². The number of rotatable bonds is 2. The summed E-state index contributed by atoms with van der Waals surface area (Å²) in [7, 11) is 0. The van der Waals surface area contributed by atoms with E-state index < -0.39 is 6.09 Å². The molecule has 0 spiro atoms. The molecule has 2 aromatic rings. The van der Waals surface area contributed by atoms with Crippen molar-refractivity contribution in [3.05, 3.63) is 64.7 Å². The minimum absolute atomic E-state index is 0.0540. The second kappa shape index (κ2) is 5.65. The first-order valence-electron chi connectivity index (χ1n) is 6.49. The number of ketones is 2. The highest BCUT2D eigenvalue weighted by molar-refractivity contribution is 7.80. The van der Waals surface area contributed by atoms with Gasteiger partial charge in [-0.2, -0.15) is 0 Å². The normalized spacial score (nSPS) is 12.4. The molecule has 110 valence electrons. The zero-order chi connectivity index (χ0) is 15.7. The Bertz CT molecular complexity index is 800. The van der Waals surface area contributed by atoms with Crippen molar-refractivity contribution >= 4 is 36.0 Å². The van der Waals surface area contributed by atoms with Crippen LogP contribution >= 0.6 is 12.6 Å². The van der Waals surface area contributed by atoms with Gasteiger partial charge < -0.3 is 4.74 Å². The number of carbonyl (C=O) groups is 3. The van der Waals surface area contributed by atoms with Crippen molar-refractivity contribution in [2.75, 3.05) is 11.3 Å². The van der Waals surface area contributed by atoms with E-state index in [1.165, 1.54) is 12.1 Å². The van der Waals surface area contributed by atoms with E-state index in [4.69, 9.17) is 0 Å². The molecule has 0 aromatic heterocycles. The second-order valence-electron chi connectivity index (χ2n) is 4.65. The number of fused-ring (bicyclic) bond motifs is 2. The van der Waals surface area contributed by atoms with Crippen molar-refractivity contribution in [1.29, 1.82) is 0 Å². The van der Waals surface area contributed by atoms with Crippen LogP contribution in [0.25, 0.3) is 0 Å². The fourth-order valence-corrected chi connectivity index (χ4v) is 2.51. The van der Waals surface area contributed by atoms with Crippen molar-refractivity contribution in [2.24, 2.45) is 0 Å². The molecule has 0 bridgehead atoms. The Morgan fingerprint density at radius 3 is 2.18 bits per heavy atom. The predicted octanol–water partition coefficient (Wildman–Crippen LogP) is 2.90. The van der Waals surface area contributed by atoms with Crippen molar-refractivity contribution in [2.45, 2.75) is 0 Å². The molecule has 0 fully saturated rings. The van der Waals surface area contributed by atoms with E-state index in [1.807, 2.05) is 0 Å². The molecule has 1 amide bonds. The molecule has 0 unspecified atom stereocenters. The van der Waals surface area contributed by atoms with Gasteiger partial charge in [-0.3, -0.25) is 14.9 Å². The first-order chi connectivity index (χ1) is 10.6. The van der Waals surface area contributed by atoms with Crippen LogP contribution in [0.4, 0.5) is 10.5 Å². The van der Waals surface area contributed by atoms with Crippen LogP contribution in [0, 0.1) is 0 Å². The molecule has 0 aliphatic heterocycles. The van der Waals surface area contributed by atoms with Crippen molar-refractivity contribution in [1.82, 2.24) is 0 Å². The molecule has 0 saturated carbocycles. The topological polar surface area (TPSA) is 72.5 Å². The van der Waals surface area contributed by atoms with E-state index >= 15 is 0 Å². The maximum atomic E-state index is 12.5. The van der Waals surface area contributed by atoms with Gasteiger partial charge in [-0.15, -0.1) is 12.6 Å². The monoisotopic (exact) mass is 313 g/mol. The van der Waals surface area contributed by atoms with Crippen LogP contribution in [-0.4, -0.2) is 23.6 Å². The maximum Gasteiger partial charge on any atom is 0.412 e. The van der Waals surface area contributed by atoms with Gasteiger partial charge in [-0.1, -0.05) is 24.3 Å². The van der Waals surface area contributed by atoms with Gasteiger partial charge in [0.1, 0.15) is 5.94 Å². The van der Waals surface area contributed by atoms with Gasteiger partial charge in [0.2, 0.25) is 0 Å². The van der Waals surface area contributed by atoms with Gasteiger partial charge in [-0.25, -0.2) is 4.79 Å². The fourth-order valence-electron chi connectivity index (χ4n) is 2.39. The van der Waals surface area contributed by atoms with Gasteiger partial charge in [0.15, 0.2) is 11.6 Å². The highest BCUT2D eigenvalue weighted by Crippen LogP contribution is 2.29. The third kappa shape index (κ3) is 2.37. The zero-order valence-corrected chi connectivity index (χ0v) is 12.2. The Kier molecular flexibility index (Phi) is 3.68. The molecule has 0 atom stereocenters. The number of anilines is 1. The van der Waals surface area contributed by atoms with E-state index in [-0.39, 0.29) is 23.1 Å². The van der Waals surface area contributed by atoms with Crippen molar-refractivity contribution < 1.29 is 19.1 Å². The highest BCUT2D eigenvalue weighted by Gasteiger charge is 2.29. The molecule has 2 aromatic carbocycles. The van der Waals surface area contributed by atoms with E-state index in [0.29, 0.717) is 22.4 Å². The lowest BCUT2D eigenvalue weighted by atomic mass is 9.84. The highest BCUT2D eigenvalue weighted by atomic mass is 32.1. The third-order valence-corrected chi connectivity index (χ3v) is 3.50. The van der Waals surface area contributed by atoms with Crippen molar-refractivity contribution in [3.63, 3.8) is 0 Å². The average Bonchev–Trinajstić information content (AvgIpc) is 2.53. The maximum absolute atomic E-state index is 12.5. The summed E-state index contributed by atoms with van der Waals surface area (Å²) in [6, 6.07) is 11.2. The van der Waals surface area contributed by atoms with Gasteiger partial charge in [-0.05, 0) is 18.2 Å². The minimum atomic E-state index is -0.676. The predicted molar refractivity (Wildman–Crippen MR) is 83.7 cm³/mol. The summed E-state index contributed by atoms with van der Waals surface area (Å²) in [5.41, 5.74) is 1.75. The summed E-state index contributed by atoms with van der Waals surface area (Å²) < 4.78 is 4.66. The standard InChI is InChI=1S/C16H11NO4S/c18-14-10-3-1-2-4-11(10)15(19)13-7-9(5-6-12(13)14)17-16(20)21-8-22/h1-7,22H,8H2,(H,17,20). The first kappa shape index (κ1) is 14.3. The number of ether oxygens (including phenoxy) is 1. The lowest BCUT2D eigenvalue weighted by Crippen LogP contribution is -2.21. The molecule has 3 rings (SSSR count). The molecular weight excluding hydrogens is 302 g/mol. The summed E-state index contributed by atoms with van der Waals surface area (Å²) in [6.45, 7) is 0. The number of amides is 1. The molecule has 0 saturated heterocycles. The molecular formula is C16H11NO4S. The summed E-state index contributed by atoms with van der Waals surface area (Å²) in [5, 5.41) is 2.48. The van der Waals surface area contributed by atoms with Gasteiger partial charge in [0.05, 0.1) is 0 Å². The Hall–Kier alpha value is -2.60. The lowest BCUT2D eigenvalue weighted by Gasteiger charge is -2.18. The lowest BCUT2D eigenvalue weighted by molar-refractivity contribution is 0.0979. The van der Waals surface area contributed by atoms with Crippen LogP contribution in [0.2, 0.25) is 0 Å². The van der Waals surface area contributed by atoms with E-state index in [0.717, 1.165) is 0 Å². The Balaban J connectivity index is 2.01. The average molecular weight is 313 g/mol. The summed E-state index contributed by atoms with van der Waals surface area (Å²) in [4.78, 5) is 36.3. The zero-order valence-electron chi connectivity index (χ0n) is 11.3. The minimum Gasteiger partial charge on any atom is -0.439 e. The molecule has 1 aliphatic rings. The Labute approximate surface area is 131 Å². The third-order valence-electron chi connectivity index (χ3n) is 3.37. The van der Waals surface area contributed by atoms with Gasteiger partial charge >= 0.3 is 6.09 Å². The quantitative estimate of drug-likeness (QED) is 0.563. The SMILES string of the molecule is O=C(Nc1ccc2c(c1)C(=O)c1ccccc1C2=O)OCS. The number of nitrogens with one attached hydrogen (secondary N) is 1. The fraction of sp³-hybridized carbons (Fsp3) is 0.0625. The van der Waals surface area contributed by atoms with Crippen LogP contribution in [-0.2, 0) is 4.74 Å². The van der Waals surface area contributed by atoms with Gasteiger partial charge in [0.25, 0.3) is 0 Å². The number of hydrogen-bond donors (Lipinski definition) is 2. The Morgan fingerprint density at radius 1 is 0.955 bits per heavy atom. The summed E-state index contributed by atoms with van der Waals surface area (Å²) in [6.07, 6.45) is -0.676. The van der Waals surface area contributed by atoms with Crippen LogP contribution in [0.1, 0.15) is 31.8 Å². The van der Waals surface area contributed by atoms with E-state index in [1.54, 1.807) is 30.3 Å². The number of carbonyl (C=O) groups excluding carboxylic acids is 3. The van der Waals surface area contributed by atoms with E-state index in [9.17, 15) is 14.4 Å². The first-order valence-corrected chi connectivity index (χ1v) is 7.12. The smallest absolute Gasteiger partial charge is 0.412 e. The molecule has 0 heterocycles. The van der Waals surface area contributed by atoms with E-state index in [2.05, 4.69) is 22.7 Å². The molecule has 1 aliphatic carbocycles. The Morgan fingerprint density at radius 2 is 1.55 bits per heavy atom. The largest absolute Gasteiger partial charge is 0.439 e. The summed E-state index contributed by atoms with van der Waals surface area (Å²) in [5.74, 6) is -0.493. The molecule has 6 heteroatoms.